The number of carbonyl (C=O) groups excluding carboxylic acids is 1. The van der Waals surface area contributed by atoms with Crippen molar-refractivity contribution in [3.05, 3.63) is 34.8 Å². The van der Waals surface area contributed by atoms with Crippen molar-refractivity contribution in [3.8, 4) is 0 Å². The molecule has 1 aliphatic rings. The summed E-state index contributed by atoms with van der Waals surface area (Å²) < 4.78 is 5.17. The van der Waals surface area contributed by atoms with E-state index in [1.54, 1.807) is 0 Å². The molecule has 0 radical (unpaired) electrons. The Morgan fingerprint density at radius 2 is 2.06 bits per heavy atom. The molecule has 0 unspecified atom stereocenters. The summed E-state index contributed by atoms with van der Waals surface area (Å²) >= 11 is 0. The van der Waals surface area contributed by atoms with Crippen LogP contribution in [0.2, 0.25) is 0 Å². The lowest BCUT2D eigenvalue weighted by molar-refractivity contribution is 0.0519. The lowest BCUT2D eigenvalue weighted by Gasteiger charge is -2.20. The molecule has 0 aliphatic carbocycles. The zero-order chi connectivity index (χ0) is 12.5. The van der Waals surface area contributed by atoms with E-state index >= 15 is 0 Å². The number of amides is 1. The Kier molecular flexibility index (Phi) is 2.88. The van der Waals surface area contributed by atoms with Gasteiger partial charge in [0.25, 0.3) is 0 Å². The van der Waals surface area contributed by atoms with Gasteiger partial charge in [-0.15, -0.1) is 0 Å². The maximum absolute atomic E-state index is 11.6. The van der Waals surface area contributed by atoms with Gasteiger partial charge in [0.15, 0.2) is 0 Å². The highest BCUT2D eigenvalue weighted by molar-refractivity contribution is 5.69. The van der Waals surface area contributed by atoms with Crippen molar-refractivity contribution < 1.29 is 9.53 Å². The van der Waals surface area contributed by atoms with Crippen LogP contribution in [0.15, 0.2) is 29.3 Å². The summed E-state index contributed by atoms with van der Waals surface area (Å²) in [5.74, 6) is 0. The molecule has 1 heterocycles. The zero-order valence-corrected chi connectivity index (χ0v) is 10.2. The first kappa shape index (κ1) is 11.6. The molecule has 0 spiro atoms. The van der Waals surface area contributed by atoms with E-state index in [1.807, 2.05) is 51.1 Å². The first-order valence-electron chi connectivity index (χ1n) is 5.58. The van der Waals surface area contributed by atoms with Gasteiger partial charge >= 0.3 is 6.09 Å². The van der Waals surface area contributed by atoms with Crippen LogP contribution in [-0.2, 0) is 4.74 Å². The van der Waals surface area contributed by atoms with Crippen LogP contribution < -0.4 is 15.9 Å². The van der Waals surface area contributed by atoms with Gasteiger partial charge in [-0.1, -0.05) is 18.2 Å². The number of ether oxygens (including phenoxy) is 1. The highest BCUT2D eigenvalue weighted by atomic mass is 16.6. The highest BCUT2D eigenvalue weighted by Gasteiger charge is 2.18. The smallest absolute Gasteiger partial charge is 0.409 e. The summed E-state index contributed by atoms with van der Waals surface area (Å²) in [7, 11) is 0. The van der Waals surface area contributed by atoms with Crippen molar-refractivity contribution in [3.63, 3.8) is 0 Å². The highest BCUT2D eigenvalue weighted by Crippen LogP contribution is 2.07. The first-order chi connectivity index (χ1) is 7.94. The fourth-order valence-corrected chi connectivity index (χ4v) is 1.61. The minimum atomic E-state index is -0.491. The van der Waals surface area contributed by atoms with Gasteiger partial charge in [0.05, 0.1) is 5.36 Å². The van der Waals surface area contributed by atoms with Crippen LogP contribution in [0.5, 0.6) is 0 Å². The van der Waals surface area contributed by atoms with Crippen LogP contribution in [0, 0.1) is 0 Å². The standard InChI is InChI=1S/C13H16N2O2/c1-13(2,3)17-12(16)15-11-8-9-6-4-5-7-10(9)14-11/h4-8,11H,1-3H3,(H,15,16)/t11-/m1/s1. The van der Waals surface area contributed by atoms with E-state index in [1.165, 1.54) is 0 Å². The van der Waals surface area contributed by atoms with Crippen molar-refractivity contribution in [1.82, 2.24) is 5.32 Å². The summed E-state index contributed by atoms with van der Waals surface area (Å²) in [5, 5.41) is 4.63. The van der Waals surface area contributed by atoms with Crippen molar-refractivity contribution in [2.45, 2.75) is 32.5 Å². The molecule has 0 saturated carbocycles. The van der Waals surface area contributed by atoms with Crippen LogP contribution in [-0.4, -0.2) is 17.9 Å². The number of hydrogen-bond donors (Lipinski definition) is 1. The normalized spacial score (nSPS) is 17.7. The zero-order valence-electron chi connectivity index (χ0n) is 10.2. The van der Waals surface area contributed by atoms with E-state index in [2.05, 4.69) is 10.3 Å². The third kappa shape index (κ3) is 3.06. The molecule has 1 N–H and O–H groups in total. The third-order valence-corrected chi connectivity index (χ3v) is 2.22. The Hall–Kier alpha value is -1.84. The molecular weight excluding hydrogens is 216 g/mol. The average molecular weight is 232 g/mol. The Morgan fingerprint density at radius 1 is 1.35 bits per heavy atom. The summed E-state index contributed by atoms with van der Waals surface area (Å²) in [4.78, 5) is 15.9. The van der Waals surface area contributed by atoms with E-state index < -0.39 is 11.7 Å². The molecule has 4 heteroatoms. The van der Waals surface area contributed by atoms with E-state index in [-0.39, 0.29) is 6.17 Å². The number of hydrogen-bond acceptors (Lipinski definition) is 3. The Morgan fingerprint density at radius 3 is 2.71 bits per heavy atom. The molecule has 0 bridgehead atoms. The maximum atomic E-state index is 11.6. The topological polar surface area (TPSA) is 50.7 Å². The molecular formula is C13H16N2O2. The molecule has 1 amide bonds. The van der Waals surface area contributed by atoms with E-state index in [0.29, 0.717) is 0 Å². The number of alkyl carbamates (subject to hydrolysis) is 1. The van der Waals surface area contributed by atoms with Crippen LogP contribution in [0.25, 0.3) is 6.08 Å². The largest absolute Gasteiger partial charge is 0.444 e. The summed E-state index contributed by atoms with van der Waals surface area (Å²) in [6.07, 6.45) is 1.12. The molecule has 90 valence electrons. The quantitative estimate of drug-likeness (QED) is 0.783. The minimum Gasteiger partial charge on any atom is -0.444 e. The SMILES string of the molecule is CC(C)(C)OC(=O)N[C@@H]1C=c2ccccc2=N1. The van der Waals surface area contributed by atoms with Crippen molar-refractivity contribution >= 4 is 12.2 Å². The van der Waals surface area contributed by atoms with Crippen molar-refractivity contribution in [2.24, 2.45) is 4.99 Å². The first-order valence-corrected chi connectivity index (χ1v) is 5.58. The van der Waals surface area contributed by atoms with Crippen LogP contribution in [0.4, 0.5) is 4.79 Å². The number of nitrogens with zero attached hydrogens (tertiary/aromatic N) is 1. The van der Waals surface area contributed by atoms with Gasteiger partial charge in [-0.3, -0.25) is 10.3 Å². The van der Waals surface area contributed by atoms with Crippen molar-refractivity contribution in [2.75, 3.05) is 0 Å². The Labute approximate surface area is 100 Å². The molecule has 1 aliphatic heterocycles. The van der Waals surface area contributed by atoms with E-state index in [0.717, 1.165) is 10.6 Å². The van der Waals surface area contributed by atoms with Gasteiger partial charge in [0.1, 0.15) is 11.8 Å². The Balaban J connectivity index is 2.04. The molecule has 0 fully saturated rings. The summed E-state index contributed by atoms with van der Waals surface area (Å²) in [5.41, 5.74) is -0.491. The molecule has 0 aromatic heterocycles. The molecule has 4 nitrogen and oxygen atoms in total. The molecule has 1 aromatic rings. The molecule has 0 saturated heterocycles. The molecule has 2 rings (SSSR count). The van der Waals surface area contributed by atoms with Gasteiger partial charge in [0.2, 0.25) is 0 Å². The number of para-hydroxylation sites is 1. The third-order valence-electron chi connectivity index (χ3n) is 2.22. The molecule has 1 aromatic carbocycles. The van der Waals surface area contributed by atoms with Gasteiger partial charge < -0.3 is 4.74 Å². The number of nitrogens with one attached hydrogen (secondary N) is 1. The number of carbonyl (C=O) groups is 1. The summed E-state index contributed by atoms with van der Waals surface area (Å²) in [6, 6.07) is 7.75. The predicted molar refractivity (Wildman–Crippen MR) is 64.8 cm³/mol. The molecule has 1 atom stereocenters. The van der Waals surface area contributed by atoms with Crippen LogP contribution in [0.1, 0.15) is 20.8 Å². The monoisotopic (exact) mass is 232 g/mol. The van der Waals surface area contributed by atoms with E-state index in [9.17, 15) is 4.79 Å². The van der Waals surface area contributed by atoms with Crippen LogP contribution >= 0.6 is 0 Å². The fraction of sp³-hybridized carbons (Fsp3) is 0.385. The number of benzene rings is 1. The van der Waals surface area contributed by atoms with Gasteiger partial charge in [-0.25, -0.2) is 4.79 Å². The second kappa shape index (κ2) is 4.20. The maximum Gasteiger partial charge on any atom is 0.409 e. The lowest BCUT2D eigenvalue weighted by atomic mass is 10.2. The minimum absolute atomic E-state index is 0.331. The summed E-state index contributed by atoms with van der Waals surface area (Å²) in [6.45, 7) is 5.49. The second-order valence-electron chi connectivity index (χ2n) is 4.95. The second-order valence-corrected chi connectivity index (χ2v) is 4.95. The van der Waals surface area contributed by atoms with Crippen LogP contribution in [0.3, 0.4) is 0 Å². The number of fused-ring (bicyclic) bond motifs is 1. The van der Waals surface area contributed by atoms with Gasteiger partial charge in [-0.05, 0) is 38.1 Å². The Bertz CT molecular complexity index is 508. The number of rotatable bonds is 1. The lowest BCUT2D eigenvalue weighted by Crippen LogP contribution is -2.36. The van der Waals surface area contributed by atoms with Gasteiger partial charge in [-0.2, -0.15) is 0 Å². The predicted octanol–water partition coefficient (Wildman–Crippen LogP) is 0.951. The average Bonchev–Trinajstić information content (AvgIpc) is 2.55. The molecule has 17 heavy (non-hydrogen) atoms. The fourth-order valence-electron chi connectivity index (χ4n) is 1.61. The van der Waals surface area contributed by atoms with E-state index in [4.69, 9.17) is 4.74 Å². The van der Waals surface area contributed by atoms with Crippen molar-refractivity contribution in [1.29, 1.82) is 0 Å². The van der Waals surface area contributed by atoms with Gasteiger partial charge in [0, 0.05) is 0 Å².